The van der Waals surface area contributed by atoms with Gasteiger partial charge in [-0.05, 0) is 31.2 Å². The molecule has 0 N–H and O–H groups in total. The second-order valence-corrected chi connectivity index (χ2v) is 6.76. The average molecular weight is 364 g/mol. The summed E-state index contributed by atoms with van der Waals surface area (Å²) < 4.78 is 10.9. The van der Waals surface area contributed by atoms with E-state index in [2.05, 4.69) is 46.0 Å². The number of hydrogen-bond donors (Lipinski definition) is 0. The standard InChI is InChI=1S/C21H24N4O2/c1-15-14-24(10-11-25(15)16-6-8-22-9-7-16)21-5-4-18-19(23-21)12-17(26-2)13-20(18)27-3/h4-9,12-13,15H,10-11,14H2,1-3H3. The minimum Gasteiger partial charge on any atom is -0.497 e. The lowest BCUT2D eigenvalue weighted by Gasteiger charge is -2.41. The van der Waals surface area contributed by atoms with Gasteiger partial charge >= 0.3 is 0 Å². The van der Waals surface area contributed by atoms with Gasteiger partial charge in [0.25, 0.3) is 0 Å². The van der Waals surface area contributed by atoms with Gasteiger partial charge in [-0.1, -0.05) is 0 Å². The smallest absolute Gasteiger partial charge is 0.131 e. The highest BCUT2D eigenvalue weighted by molar-refractivity contribution is 5.88. The third kappa shape index (κ3) is 3.35. The number of benzene rings is 1. The van der Waals surface area contributed by atoms with Crippen LogP contribution in [0.4, 0.5) is 11.5 Å². The molecule has 1 saturated heterocycles. The molecule has 1 unspecified atom stereocenters. The highest BCUT2D eigenvalue weighted by Gasteiger charge is 2.25. The summed E-state index contributed by atoms with van der Waals surface area (Å²) in [6, 6.07) is 12.5. The zero-order valence-electron chi connectivity index (χ0n) is 15.9. The Morgan fingerprint density at radius 2 is 1.81 bits per heavy atom. The number of methoxy groups -OCH3 is 2. The number of pyridine rings is 2. The summed E-state index contributed by atoms with van der Waals surface area (Å²) >= 11 is 0. The van der Waals surface area contributed by atoms with Crippen LogP contribution in [0.15, 0.2) is 48.8 Å². The summed E-state index contributed by atoms with van der Waals surface area (Å²) in [6.07, 6.45) is 3.69. The molecule has 1 aliphatic rings. The van der Waals surface area contributed by atoms with E-state index in [-0.39, 0.29) is 0 Å². The predicted molar refractivity (Wildman–Crippen MR) is 108 cm³/mol. The molecule has 0 aliphatic carbocycles. The third-order valence-corrected chi connectivity index (χ3v) is 5.13. The number of piperazine rings is 1. The number of rotatable bonds is 4. The van der Waals surface area contributed by atoms with E-state index in [1.807, 2.05) is 24.5 Å². The molecule has 1 aliphatic heterocycles. The summed E-state index contributed by atoms with van der Waals surface area (Å²) in [4.78, 5) is 13.8. The molecule has 6 heteroatoms. The van der Waals surface area contributed by atoms with Crippen LogP contribution in [-0.4, -0.2) is 49.9 Å². The molecule has 2 aromatic heterocycles. The van der Waals surface area contributed by atoms with Gasteiger partial charge in [0.05, 0.1) is 19.7 Å². The van der Waals surface area contributed by atoms with Crippen LogP contribution in [0.2, 0.25) is 0 Å². The first kappa shape index (κ1) is 17.4. The van der Waals surface area contributed by atoms with Crippen molar-refractivity contribution in [3.05, 3.63) is 48.8 Å². The van der Waals surface area contributed by atoms with Crippen molar-refractivity contribution in [2.45, 2.75) is 13.0 Å². The molecule has 1 fully saturated rings. The van der Waals surface area contributed by atoms with E-state index < -0.39 is 0 Å². The van der Waals surface area contributed by atoms with Crippen molar-refractivity contribution in [1.82, 2.24) is 9.97 Å². The van der Waals surface area contributed by atoms with Gasteiger partial charge in [0.15, 0.2) is 0 Å². The summed E-state index contributed by atoms with van der Waals surface area (Å²) in [5.41, 5.74) is 2.10. The van der Waals surface area contributed by atoms with Gasteiger partial charge in [-0.25, -0.2) is 4.98 Å². The molecule has 140 valence electrons. The third-order valence-electron chi connectivity index (χ3n) is 5.13. The van der Waals surface area contributed by atoms with Gasteiger partial charge < -0.3 is 19.3 Å². The first-order valence-electron chi connectivity index (χ1n) is 9.14. The molecule has 0 saturated carbocycles. The normalized spacial score (nSPS) is 17.2. The van der Waals surface area contributed by atoms with E-state index in [0.717, 1.165) is 47.9 Å². The molecule has 0 bridgehead atoms. The molecule has 27 heavy (non-hydrogen) atoms. The molecule has 0 amide bonds. The van der Waals surface area contributed by atoms with Crippen molar-refractivity contribution in [3.63, 3.8) is 0 Å². The lowest BCUT2D eigenvalue weighted by atomic mass is 10.1. The number of ether oxygens (including phenoxy) is 2. The first-order chi connectivity index (χ1) is 13.2. The maximum Gasteiger partial charge on any atom is 0.131 e. The quantitative estimate of drug-likeness (QED) is 0.708. The van der Waals surface area contributed by atoms with Gasteiger partial charge in [-0.2, -0.15) is 0 Å². The van der Waals surface area contributed by atoms with Gasteiger partial charge in [-0.15, -0.1) is 0 Å². The van der Waals surface area contributed by atoms with Gasteiger partial charge in [0.2, 0.25) is 0 Å². The summed E-state index contributed by atoms with van der Waals surface area (Å²) in [5, 5.41) is 0.991. The van der Waals surface area contributed by atoms with Crippen LogP contribution in [0, 0.1) is 0 Å². The molecule has 6 nitrogen and oxygen atoms in total. The first-order valence-corrected chi connectivity index (χ1v) is 9.14. The van der Waals surface area contributed by atoms with Crippen LogP contribution in [0.5, 0.6) is 11.5 Å². The lowest BCUT2D eigenvalue weighted by molar-refractivity contribution is 0.398. The van der Waals surface area contributed by atoms with Gasteiger partial charge in [0, 0.05) is 61.3 Å². The van der Waals surface area contributed by atoms with Crippen molar-refractivity contribution in [2.24, 2.45) is 0 Å². The minimum atomic E-state index is 0.387. The Morgan fingerprint density at radius 1 is 1.00 bits per heavy atom. The van der Waals surface area contributed by atoms with Crippen LogP contribution in [0.25, 0.3) is 10.9 Å². The number of fused-ring (bicyclic) bond motifs is 1. The number of aromatic nitrogens is 2. The van der Waals surface area contributed by atoms with Crippen molar-refractivity contribution >= 4 is 22.4 Å². The average Bonchev–Trinajstić information content (AvgIpc) is 2.73. The zero-order chi connectivity index (χ0) is 18.8. The van der Waals surface area contributed by atoms with E-state index in [9.17, 15) is 0 Å². The van der Waals surface area contributed by atoms with E-state index >= 15 is 0 Å². The van der Waals surface area contributed by atoms with Crippen LogP contribution < -0.4 is 19.3 Å². The Balaban J connectivity index is 1.60. The number of nitrogens with zero attached hydrogens (tertiary/aromatic N) is 4. The van der Waals surface area contributed by atoms with E-state index in [1.54, 1.807) is 14.2 Å². The van der Waals surface area contributed by atoms with Crippen molar-refractivity contribution in [3.8, 4) is 11.5 Å². The molecule has 3 aromatic rings. The van der Waals surface area contributed by atoms with Crippen molar-refractivity contribution in [1.29, 1.82) is 0 Å². The van der Waals surface area contributed by atoms with Crippen LogP contribution in [0.1, 0.15) is 6.92 Å². The highest BCUT2D eigenvalue weighted by atomic mass is 16.5. The molecule has 0 radical (unpaired) electrons. The summed E-state index contributed by atoms with van der Waals surface area (Å²) in [6.45, 7) is 5.04. The van der Waals surface area contributed by atoms with Gasteiger partial charge in [-0.3, -0.25) is 4.98 Å². The number of anilines is 2. The van der Waals surface area contributed by atoms with E-state index in [4.69, 9.17) is 14.5 Å². The fourth-order valence-electron chi connectivity index (χ4n) is 3.71. The Hall–Kier alpha value is -3.02. The lowest BCUT2D eigenvalue weighted by Crippen LogP contribution is -2.52. The maximum atomic E-state index is 5.49. The predicted octanol–water partition coefficient (Wildman–Crippen LogP) is 3.36. The van der Waals surface area contributed by atoms with Crippen molar-refractivity contribution < 1.29 is 9.47 Å². The molecule has 3 heterocycles. The fraction of sp³-hybridized carbons (Fsp3) is 0.333. The Bertz CT molecular complexity index is 932. The largest absolute Gasteiger partial charge is 0.497 e. The van der Waals surface area contributed by atoms with E-state index in [1.165, 1.54) is 5.69 Å². The summed E-state index contributed by atoms with van der Waals surface area (Å²) in [5.74, 6) is 2.51. The molecular weight excluding hydrogens is 340 g/mol. The Labute approximate surface area is 159 Å². The second-order valence-electron chi connectivity index (χ2n) is 6.76. The molecule has 4 rings (SSSR count). The minimum absolute atomic E-state index is 0.387. The fourth-order valence-corrected chi connectivity index (χ4v) is 3.71. The maximum absolute atomic E-state index is 5.49. The van der Waals surface area contributed by atoms with Crippen LogP contribution >= 0.6 is 0 Å². The SMILES string of the molecule is COc1cc(OC)c2ccc(N3CCN(c4ccncc4)C(C)C3)nc2c1. The monoisotopic (exact) mass is 364 g/mol. The zero-order valence-corrected chi connectivity index (χ0v) is 15.9. The molecular formula is C21H24N4O2. The molecule has 1 aromatic carbocycles. The molecule has 1 atom stereocenters. The topological polar surface area (TPSA) is 50.7 Å². The summed E-state index contributed by atoms with van der Waals surface area (Å²) in [7, 11) is 3.33. The Morgan fingerprint density at radius 3 is 2.52 bits per heavy atom. The Kier molecular flexibility index (Phi) is 4.71. The highest BCUT2D eigenvalue weighted by Crippen LogP contribution is 2.32. The van der Waals surface area contributed by atoms with Crippen LogP contribution in [0.3, 0.4) is 0 Å². The van der Waals surface area contributed by atoms with Crippen LogP contribution in [-0.2, 0) is 0 Å². The van der Waals surface area contributed by atoms with E-state index in [0.29, 0.717) is 6.04 Å². The molecule has 0 spiro atoms. The second kappa shape index (κ2) is 7.31. The van der Waals surface area contributed by atoms with Gasteiger partial charge in [0.1, 0.15) is 17.3 Å². The van der Waals surface area contributed by atoms with Crippen molar-refractivity contribution in [2.75, 3.05) is 43.7 Å². The number of hydrogen-bond acceptors (Lipinski definition) is 6.